The summed E-state index contributed by atoms with van der Waals surface area (Å²) in [7, 11) is 0. The highest BCUT2D eigenvalue weighted by molar-refractivity contribution is 5.73. The van der Waals surface area contributed by atoms with E-state index in [1.54, 1.807) is 0 Å². The van der Waals surface area contributed by atoms with Crippen LogP contribution in [-0.2, 0) is 9.53 Å². The summed E-state index contributed by atoms with van der Waals surface area (Å²) in [5, 5.41) is 35.4. The molecule has 0 aromatic rings. The molecule has 0 amide bonds. The molecule has 12 heavy (non-hydrogen) atoms. The van der Waals surface area contributed by atoms with E-state index in [0.29, 0.717) is 0 Å². The van der Waals surface area contributed by atoms with Gasteiger partial charge in [-0.15, -0.1) is 0 Å². The zero-order valence-corrected chi connectivity index (χ0v) is 6.12. The third-order valence-electron chi connectivity index (χ3n) is 1.69. The number of rotatable bonds is 1. The second kappa shape index (κ2) is 3.36. The lowest BCUT2D eigenvalue weighted by molar-refractivity contribution is -0.236. The van der Waals surface area contributed by atoms with Crippen molar-refractivity contribution in [1.82, 2.24) is 0 Å². The van der Waals surface area contributed by atoms with Gasteiger partial charge >= 0.3 is 5.97 Å². The maximum absolute atomic E-state index is 10.3. The quantitative estimate of drug-likeness (QED) is 0.366. The molecule has 1 fully saturated rings. The summed E-state index contributed by atoms with van der Waals surface area (Å²) in [6.07, 6.45) is -5.79. The molecule has 6 nitrogen and oxygen atoms in total. The molecule has 1 heterocycles. The topological polar surface area (TPSA) is 107 Å². The molecular formula is C6H10O6. The van der Waals surface area contributed by atoms with Gasteiger partial charge < -0.3 is 25.2 Å². The van der Waals surface area contributed by atoms with Gasteiger partial charge in [0.2, 0.25) is 0 Å². The number of carbonyl (C=O) groups is 1. The summed E-state index contributed by atoms with van der Waals surface area (Å²) in [5.74, 6) is -1.40. The van der Waals surface area contributed by atoms with E-state index >= 15 is 0 Å². The normalized spacial score (nSPS) is 42.6. The van der Waals surface area contributed by atoms with Crippen molar-refractivity contribution in [3.05, 3.63) is 0 Å². The average molecular weight is 178 g/mol. The van der Waals surface area contributed by atoms with E-state index in [1.807, 2.05) is 0 Å². The smallest absolute Gasteiger partial charge is 0.335 e. The minimum atomic E-state index is -1.55. The van der Waals surface area contributed by atoms with E-state index in [2.05, 4.69) is 4.74 Å². The van der Waals surface area contributed by atoms with Gasteiger partial charge in [0.25, 0.3) is 0 Å². The molecule has 0 radical (unpaired) electrons. The summed E-state index contributed by atoms with van der Waals surface area (Å²) in [5.41, 5.74) is 0. The monoisotopic (exact) mass is 178 g/mol. The molecular weight excluding hydrogens is 168 g/mol. The molecule has 4 atom stereocenters. The number of aliphatic carboxylic acids is 1. The highest BCUT2D eigenvalue weighted by Gasteiger charge is 2.40. The molecule has 0 spiro atoms. The van der Waals surface area contributed by atoms with E-state index in [-0.39, 0.29) is 6.42 Å². The predicted molar refractivity (Wildman–Crippen MR) is 35.1 cm³/mol. The van der Waals surface area contributed by atoms with Crippen LogP contribution in [0, 0.1) is 0 Å². The summed E-state index contributed by atoms with van der Waals surface area (Å²) in [4.78, 5) is 10.3. The number of hydrogen-bond acceptors (Lipinski definition) is 5. The van der Waals surface area contributed by atoms with Gasteiger partial charge in [-0.1, -0.05) is 0 Å². The Morgan fingerprint density at radius 3 is 2.42 bits per heavy atom. The number of ether oxygens (including phenoxy) is 1. The van der Waals surface area contributed by atoms with E-state index in [9.17, 15) is 4.79 Å². The molecule has 0 bridgehead atoms. The molecule has 70 valence electrons. The van der Waals surface area contributed by atoms with Crippen molar-refractivity contribution in [3.63, 3.8) is 0 Å². The zero-order valence-electron chi connectivity index (χ0n) is 6.12. The first-order chi connectivity index (χ1) is 5.52. The fourth-order valence-corrected chi connectivity index (χ4v) is 1.06. The zero-order chi connectivity index (χ0) is 9.30. The Hall–Kier alpha value is -0.690. The van der Waals surface area contributed by atoms with Crippen LogP contribution in [0.4, 0.5) is 0 Å². The number of carboxylic acid groups (broad SMARTS) is 1. The Labute approximate surface area is 68.0 Å². The van der Waals surface area contributed by atoms with Gasteiger partial charge in [0, 0.05) is 6.42 Å². The predicted octanol–water partition coefficient (Wildman–Crippen LogP) is -2.10. The number of hydrogen-bond donors (Lipinski definition) is 4. The lowest BCUT2D eigenvalue weighted by atomic mass is 10.0. The lowest BCUT2D eigenvalue weighted by Gasteiger charge is -2.32. The maximum Gasteiger partial charge on any atom is 0.335 e. The Morgan fingerprint density at radius 1 is 1.33 bits per heavy atom. The second-order valence-electron chi connectivity index (χ2n) is 2.64. The molecule has 4 N–H and O–H groups in total. The maximum atomic E-state index is 10.3. The number of aliphatic hydroxyl groups excluding tert-OH is 3. The molecule has 0 unspecified atom stereocenters. The molecule has 0 aromatic carbocycles. The summed E-state index contributed by atoms with van der Waals surface area (Å²) < 4.78 is 4.48. The minimum absolute atomic E-state index is 0.176. The first-order valence-corrected chi connectivity index (χ1v) is 3.45. The van der Waals surface area contributed by atoms with Crippen molar-refractivity contribution in [2.75, 3.05) is 0 Å². The summed E-state index contributed by atoms with van der Waals surface area (Å²) in [6.45, 7) is 0. The van der Waals surface area contributed by atoms with Crippen LogP contribution >= 0.6 is 0 Å². The third-order valence-corrected chi connectivity index (χ3v) is 1.69. The summed E-state index contributed by atoms with van der Waals surface area (Å²) >= 11 is 0. The number of carboxylic acids is 1. The van der Waals surface area contributed by atoms with Crippen LogP contribution in [-0.4, -0.2) is 51.0 Å². The van der Waals surface area contributed by atoms with Crippen LogP contribution in [0.25, 0.3) is 0 Å². The molecule has 0 aromatic heterocycles. The average Bonchev–Trinajstić information content (AvgIpc) is 1.96. The van der Waals surface area contributed by atoms with Crippen LogP contribution in [0.2, 0.25) is 0 Å². The molecule has 6 heteroatoms. The van der Waals surface area contributed by atoms with E-state index < -0.39 is 30.6 Å². The van der Waals surface area contributed by atoms with Gasteiger partial charge in [0.15, 0.2) is 12.4 Å². The molecule has 1 aliphatic rings. The van der Waals surface area contributed by atoms with Crippen molar-refractivity contribution in [3.8, 4) is 0 Å². The largest absolute Gasteiger partial charge is 0.479 e. The van der Waals surface area contributed by atoms with E-state index in [1.165, 1.54) is 0 Å². The van der Waals surface area contributed by atoms with Gasteiger partial charge in [-0.3, -0.25) is 0 Å². The van der Waals surface area contributed by atoms with Crippen molar-refractivity contribution >= 4 is 5.97 Å². The Kier molecular flexibility index (Phi) is 2.63. The van der Waals surface area contributed by atoms with E-state index in [4.69, 9.17) is 20.4 Å². The fourth-order valence-electron chi connectivity index (χ4n) is 1.06. The first-order valence-electron chi connectivity index (χ1n) is 3.45. The highest BCUT2D eigenvalue weighted by atomic mass is 16.6. The second-order valence-corrected chi connectivity index (χ2v) is 2.64. The minimum Gasteiger partial charge on any atom is -0.479 e. The van der Waals surface area contributed by atoms with E-state index in [0.717, 1.165) is 0 Å². The third kappa shape index (κ3) is 1.72. The van der Waals surface area contributed by atoms with Crippen LogP contribution in [0.5, 0.6) is 0 Å². The molecule has 1 saturated heterocycles. The molecule has 1 aliphatic heterocycles. The fraction of sp³-hybridized carbons (Fsp3) is 0.833. The molecule has 1 rings (SSSR count). The van der Waals surface area contributed by atoms with Crippen LogP contribution < -0.4 is 0 Å². The van der Waals surface area contributed by atoms with Gasteiger partial charge in [0.05, 0.1) is 6.10 Å². The summed E-state index contributed by atoms with van der Waals surface area (Å²) in [6, 6.07) is 0. The standard InChI is InChI=1S/C6H10O6/c7-2-1-3(8)12-5(4(2)9)6(10)11/h2-5,7-9H,1H2,(H,10,11)/t2-,3-,4+,5+/m1/s1. The van der Waals surface area contributed by atoms with Gasteiger partial charge in [-0.25, -0.2) is 4.79 Å². The van der Waals surface area contributed by atoms with Crippen molar-refractivity contribution in [2.24, 2.45) is 0 Å². The first kappa shape index (κ1) is 9.40. The van der Waals surface area contributed by atoms with Gasteiger partial charge in [-0.2, -0.15) is 0 Å². The van der Waals surface area contributed by atoms with Crippen molar-refractivity contribution < 1.29 is 30.0 Å². The Balaban J connectivity index is 2.66. The van der Waals surface area contributed by atoms with Crippen molar-refractivity contribution in [2.45, 2.75) is 31.0 Å². The number of aliphatic hydroxyl groups is 3. The van der Waals surface area contributed by atoms with Crippen LogP contribution in [0.3, 0.4) is 0 Å². The Morgan fingerprint density at radius 2 is 1.92 bits per heavy atom. The van der Waals surface area contributed by atoms with Crippen molar-refractivity contribution in [1.29, 1.82) is 0 Å². The van der Waals surface area contributed by atoms with Crippen LogP contribution in [0.15, 0.2) is 0 Å². The van der Waals surface area contributed by atoms with Gasteiger partial charge in [0.1, 0.15) is 6.10 Å². The Bertz CT molecular complexity index is 181. The molecule has 0 saturated carbocycles. The lowest BCUT2D eigenvalue weighted by Crippen LogP contribution is -2.51. The highest BCUT2D eigenvalue weighted by Crippen LogP contribution is 2.18. The molecule has 0 aliphatic carbocycles. The van der Waals surface area contributed by atoms with Gasteiger partial charge in [-0.05, 0) is 0 Å². The van der Waals surface area contributed by atoms with Crippen LogP contribution in [0.1, 0.15) is 6.42 Å². The SMILES string of the molecule is O=C(O)[C@H]1O[C@@H](O)C[C@@H](O)[C@@H]1O.